The summed E-state index contributed by atoms with van der Waals surface area (Å²) in [5.74, 6) is -0.796. The molecule has 2 rings (SSSR count). The maximum absolute atomic E-state index is 13.9. The van der Waals surface area contributed by atoms with E-state index in [1.807, 2.05) is 6.92 Å². The molecule has 0 bridgehead atoms. The number of carbonyl (C=O) groups excluding carboxylic acids is 1. The summed E-state index contributed by atoms with van der Waals surface area (Å²) >= 11 is 5.73. The summed E-state index contributed by atoms with van der Waals surface area (Å²) in [5.41, 5.74) is 0.101. The molecule has 0 radical (unpaired) electrons. The summed E-state index contributed by atoms with van der Waals surface area (Å²) in [6.45, 7) is 5.50. The molecule has 1 aliphatic heterocycles. The largest absolute Gasteiger partial charge is 0.333 e. The number of hydrogen-bond acceptors (Lipinski definition) is 2. The maximum Gasteiger partial charge on any atom is 0.257 e. The Labute approximate surface area is 124 Å². The SMILES string of the molecule is CCC1CN(C(=O)c2ccc(Cl)cc2F)C(CC)CN1. The molecule has 2 atom stereocenters. The quantitative estimate of drug-likeness (QED) is 0.930. The first kappa shape index (κ1) is 15.3. The Hall–Kier alpha value is -1.13. The maximum atomic E-state index is 13.9. The zero-order chi connectivity index (χ0) is 14.7. The smallest absolute Gasteiger partial charge is 0.257 e. The van der Waals surface area contributed by atoms with Crippen LogP contribution in [0.2, 0.25) is 5.02 Å². The topological polar surface area (TPSA) is 32.3 Å². The van der Waals surface area contributed by atoms with Crippen LogP contribution in [-0.2, 0) is 0 Å². The van der Waals surface area contributed by atoms with E-state index in [4.69, 9.17) is 11.6 Å². The summed E-state index contributed by atoms with van der Waals surface area (Å²) in [7, 11) is 0. The second-order valence-corrected chi connectivity index (χ2v) is 5.59. The van der Waals surface area contributed by atoms with Crippen LogP contribution in [-0.4, -0.2) is 36.0 Å². The molecular formula is C15H20ClFN2O. The molecule has 3 nitrogen and oxygen atoms in total. The zero-order valence-corrected chi connectivity index (χ0v) is 12.6. The molecule has 1 aromatic rings. The second-order valence-electron chi connectivity index (χ2n) is 5.16. The molecule has 1 saturated heterocycles. The number of amides is 1. The Bertz CT molecular complexity index is 495. The monoisotopic (exact) mass is 298 g/mol. The van der Waals surface area contributed by atoms with E-state index < -0.39 is 5.82 Å². The van der Waals surface area contributed by atoms with E-state index in [-0.39, 0.29) is 23.6 Å². The highest BCUT2D eigenvalue weighted by Gasteiger charge is 2.31. The van der Waals surface area contributed by atoms with E-state index in [1.165, 1.54) is 12.1 Å². The molecule has 1 amide bonds. The van der Waals surface area contributed by atoms with E-state index in [0.717, 1.165) is 19.4 Å². The van der Waals surface area contributed by atoms with E-state index in [1.54, 1.807) is 11.0 Å². The molecule has 1 aromatic carbocycles. The average molecular weight is 299 g/mol. The van der Waals surface area contributed by atoms with Crippen molar-refractivity contribution in [3.8, 4) is 0 Å². The number of rotatable bonds is 3. The minimum Gasteiger partial charge on any atom is -0.333 e. The van der Waals surface area contributed by atoms with Crippen molar-refractivity contribution < 1.29 is 9.18 Å². The number of nitrogens with zero attached hydrogens (tertiary/aromatic N) is 1. The van der Waals surface area contributed by atoms with Crippen LogP contribution in [0.1, 0.15) is 37.0 Å². The number of piperazine rings is 1. The summed E-state index contributed by atoms with van der Waals surface area (Å²) in [6.07, 6.45) is 1.80. The number of benzene rings is 1. The Kier molecular flexibility index (Phi) is 5.00. The van der Waals surface area contributed by atoms with Crippen LogP contribution in [0.5, 0.6) is 0 Å². The number of halogens is 2. The van der Waals surface area contributed by atoms with Crippen molar-refractivity contribution in [2.24, 2.45) is 0 Å². The van der Waals surface area contributed by atoms with Crippen LogP contribution in [0.4, 0.5) is 4.39 Å². The lowest BCUT2D eigenvalue weighted by Gasteiger charge is -2.40. The van der Waals surface area contributed by atoms with Crippen LogP contribution in [0.25, 0.3) is 0 Å². The fourth-order valence-electron chi connectivity index (χ4n) is 2.57. The fraction of sp³-hybridized carbons (Fsp3) is 0.533. The number of nitrogens with one attached hydrogen (secondary N) is 1. The van der Waals surface area contributed by atoms with Crippen molar-refractivity contribution in [3.63, 3.8) is 0 Å². The number of carbonyl (C=O) groups is 1. The molecule has 0 saturated carbocycles. The molecule has 110 valence electrons. The van der Waals surface area contributed by atoms with E-state index in [2.05, 4.69) is 12.2 Å². The predicted molar refractivity (Wildman–Crippen MR) is 78.6 cm³/mol. The Morgan fingerprint density at radius 1 is 1.45 bits per heavy atom. The molecule has 1 heterocycles. The first-order valence-corrected chi connectivity index (χ1v) is 7.44. The molecule has 0 aliphatic carbocycles. The van der Waals surface area contributed by atoms with Gasteiger partial charge in [0.15, 0.2) is 0 Å². The summed E-state index contributed by atoms with van der Waals surface area (Å²) < 4.78 is 13.9. The van der Waals surface area contributed by atoms with E-state index >= 15 is 0 Å². The van der Waals surface area contributed by atoms with Crippen molar-refractivity contribution in [2.45, 2.75) is 38.8 Å². The standard InChI is InChI=1S/C15H20ClFN2O/c1-3-11-9-19(12(4-2)8-18-11)15(20)13-6-5-10(16)7-14(13)17/h5-7,11-12,18H,3-4,8-9H2,1-2H3. The predicted octanol–water partition coefficient (Wildman–Crippen LogP) is 3.08. The van der Waals surface area contributed by atoms with Gasteiger partial charge in [-0.15, -0.1) is 0 Å². The molecule has 20 heavy (non-hydrogen) atoms. The molecule has 1 fully saturated rings. The van der Waals surface area contributed by atoms with Gasteiger partial charge in [-0.25, -0.2) is 4.39 Å². The van der Waals surface area contributed by atoms with Gasteiger partial charge in [-0.2, -0.15) is 0 Å². The lowest BCUT2D eigenvalue weighted by atomic mass is 10.0. The summed E-state index contributed by atoms with van der Waals surface area (Å²) in [5, 5.41) is 3.72. The molecule has 0 spiro atoms. The van der Waals surface area contributed by atoms with Gasteiger partial charge in [-0.05, 0) is 31.0 Å². The van der Waals surface area contributed by atoms with Crippen LogP contribution in [0, 0.1) is 5.82 Å². The molecule has 1 N–H and O–H groups in total. The van der Waals surface area contributed by atoms with Crippen molar-refractivity contribution in [1.29, 1.82) is 0 Å². The van der Waals surface area contributed by atoms with Gasteiger partial charge in [-0.3, -0.25) is 4.79 Å². The zero-order valence-electron chi connectivity index (χ0n) is 11.8. The van der Waals surface area contributed by atoms with Gasteiger partial charge >= 0.3 is 0 Å². The van der Waals surface area contributed by atoms with Crippen molar-refractivity contribution in [2.75, 3.05) is 13.1 Å². The third-order valence-electron chi connectivity index (χ3n) is 3.89. The highest BCUT2D eigenvalue weighted by atomic mass is 35.5. The van der Waals surface area contributed by atoms with Gasteiger partial charge in [0.25, 0.3) is 5.91 Å². The third kappa shape index (κ3) is 3.13. The first-order valence-electron chi connectivity index (χ1n) is 7.06. The molecule has 5 heteroatoms. The minimum atomic E-state index is -0.552. The lowest BCUT2D eigenvalue weighted by molar-refractivity contribution is 0.0571. The van der Waals surface area contributed by atoms with Gasteiger partial charge < -0.3 is 10.2 Å². The third-order valence-corrected chi connectivity index (χ3v) is 4.12. The van der Waals surface area contributed by atoms with E-state index in [9.17, 15) is 9.18 Å². The first-order chi connectivity index (χ1) is 9.56. The highest BCUT2D eigenvalue weighted by Crippen LogP contribution is 2.20. The molecule has 2 unspecified atom stereocenters. The van der Waals surface area contributed by atoms with Crippen molar-refractivity contribution in [3.05, 3.63) is 34.6 Å². The van der Waals surface area contributed by atoms with E-state index in [0.29, 0.717) is 11.6 Å². The van der Waals surface area contributed by atoms with Gasteiger partial charge in [-0.1, -0.05) is 25.4 Å². The van der Waals surface area contributed by atoms with Crippen LogP contribution >= 0.6 is 11.6 Å². The minimum absolute atomic E-state index is 0.101. The Balaban J connectivity index is 2.24. The normalized spacial score (nSPS) is 22.9. The van der Waals surface area contributed by atoms with Crippen molar-refractivity contribution in [1.82, 2.24) is 10.2 Å². The summed E-state index contributed by atoms with van der Waals surface area (Å²) in [6, 6.07) is 4.60. The van der Waals surface area contributed by atoms with Gasteiger partial charge in [0.2, 0.25) is 0 Å². The summed E-state index contributed by atoms with van der Waals surface area (Å²) in [4.78, 5) is 14.4. The fourth-order valence-corrected chi connectivity index (χ4v) is 2.73. The Morgan fingerprint density at radius 3 is 2.80 bits per heavy atom. The molecular weight excluding hydrogens is 279 g/mol. The second kappa shape index (κ2) is 6.55. The highest BCUT2D eigenvalue weighted by molar-refractivity contribution is 6.30. The van der Waals surface area contributed by atoms with Crippen molar-refractivity contribution >= 4 is 17.5 Å². The van der Waals surface area contributed by atoms with Gasteiger partial charge in [0.05, 0.1) is 5.56 Å². The van der Waals surface area contributed by atoms with Gasteiger partial charge in [0.1, 0.15) is 5.82 Å². The van der Waals surface area contributed by atoms with Crippen LogP contribution in [0.15, 0.2) is 18.2 Å². The lowest BCUT2D eigenvalue weighted by Crippen LogP contribution is -2.58. The van der Waals surface area contributed by atoms with Crippen LogP contribution < -0.4 is 5.32 Å². The molecule has 0 aromatic heterocycles. The molecule has 1 aliphatic rings. The average Bonchev–Trinajstić information content (AvgIpc) is 2.46. The Morgan fingerprint density at radius 2 is 2.20 bits per heavy atom. The van der Waals surface area contributed by atoms with Gasteiger partial charge in [0, 0.05) is 30.2 Å². The van der Waals surface area contributed by atoms with Crippen LogP contribution in [0.3, 0.4) is 0 Å². The number of hydrogen-bond donors (Lipinski definition) is 1.